The van der Waals surface area contributed by atoms with Crippen LogP contribution in [0.5, 0.6) is 5.88 Å². The number of carbonyl (C=O) groups excluding carboxylic acids is 1. The molecule has 2 aromatic heterocycles. The number of benzene rings is 1. The molecule has 0 saturated carbocycles. The summed E-state index contributed by atoms with van der Waals surface area (Å²) in [4.78, 5) is 20.0. The van der Waals surface area contributed by atoms with Gasteiger partial charge in [-0.05, 0) is 62.3 Å². The van der Waals surface area contributed by atoms with E-state index < -0.39 is 0 Å². The van der Waals surface area contributed by atoms with Crippen LogP contribution in [0.3, 0.4) is 0 Å². The highest BCUT2D eigenvalue weighted by molar-refractivity contribution is 5.86. The smallest absolute Gasteiger partial charge is 0.242 e. The van der Waals surface area contributed by atoms with E-state index in [1.807, 2.05) is 14.0 Å². The highest BCUT2D eigenvalue weighted by atomic mass is 16.5. The lowest BCUT2D eigenvalue weighted by atomic mass is 9.98. The van der Waals surface area contributed by atoms with E-state index in [1.54, 1.807) is 11.8 Å². The van der Waals surface area contributed by atoms with E-state index in [1.165, 1.54) is 11.1 Å². The number of amides is 1. The lowest BCUT2D eigenvalue weighted by Gasteiger charge is -2.26. The number of fused-ring (bicyclic) bond motifs is 1. The first kappa shape index (κ1) is 20.4. The molecule has 0 bridgehead atoms. The number of aromatic nitrogens is 3. The van der Waals surface area contributed by atoms with Gasteiger partial charge in [0, 0.05) is 25.7 Å². The molecule has 0 N–H and O–H groups in total. The van der Waals surface area contributed by atoms with Crippen molar-refractivity contribution in [2.24, 2.45) is 7.05 Å². The predicted molar refractivity (Wildman–Crippen MR) is 118 cm³/mol. The molecule has 1 fully saturated rings. The predicted octanol–water partition coefficient (Wildman–Crippen LogP) is 4.20. The molecule has 0 aliphatic carbocycles. The second-order valence-corrected chi connectivity index (χ2v) is 8.23. The van der Waals surface area contributed by atoms with E-state index in [2.05, 4.69) is 48.1 Å². The van der Waals surface area contributed by atoms with Gasteiger partial charge in [-0.3, -0.25) is 4.79 Å². The van der Waals surface area contributed by atoms with Crippen molar-refractivity contribution in [1.29, 1.82) is 0 Å². The van der Waals surface area contributed by atoms with Gasteiger partial charge in [0.25, 0.3) is 0 Å². The average Bonchev–Trinajstić information content (AvgIpc) is 3.33. The third-order valence-electron chi connectivity index (χ3n) is 6.43. The lowest BCUT2D eigenvalue weighted by Crippen LogP contribution is -2.31. The highest BCUT2D eigenvalue weighted by Crippen LogP contribution is 2.35. The van der Waals surface area contributed by atoms with Crippen LogP contribution in [0.2, 0.25) is 0 Å². The minimum Gasteiger partial charge on any atom is -0.479 e. The fraction of sp³-hybridized carbons (Fsp3) is 0.458. The van der Waals surface area contributed by atoms with Crippen molar-refractivity contribution < 1.29 is 9.53 Å². The Morgan fingerprint density at radius 3 is 2.73 bits per heavy atom. The summed E-state index contributed by atoms with van der Waals surface area (Å²) in [5, 5.41) is 5.36. The molecule has 3 aromatic rings. The summed E-state index contributed by atoms with van der Waals surface area (Å²) in [5.41, 5.74) is 6.53. The molecule has 6 heteroatoms. The molecular weight excluding hydrogens is 376 g/mol. The molecule has 1 amide bonds. The van der Waals surface area contributed by atoms with Gasteiger partial charge in [-0.2, -0.15) is 0 Å². The van der Waals surface area contributed by atoms with Gasteiger partial charge >= 0.3 is 0 Å². The van der Waals surface area contributed by atoms with Crippen LogP contribution in [0.15, 0.2) is 24.3 Å². The fourth-order valence-electron chi connectivity index (χ4n) is 4.83. The zero-order chi connectivity index (χ0) is 21.4. The maximum atomic E-state index is 13.2. The molecule has 0 radical (unpaired) electrons. The van der Waals surface area contributed by atoms with E-state index in [0.717, 1.165) is 47.2 Å². The van der Waals surface area contributed by atoms with Gasteiger partial charge in [0.05, 0.1) is 18.5 Å². The van der Waals surface area contributed by atoms with Gasteiger partial charge in [0.2, 0.25) is 11.8 Å². The van der Waals surface area contributed by atoms with Crippen molar-refractivity contribution in [1.82, 2.24) is 19.7 Å². The van der Waals surface area contributed by atoms with Crippen molar-refractivity contribution >= 4 is 16.9 Å². The zero-order valence-electron chi connectivity index (χ0n) is 18.5. The summed E-state index contributed by atoms with van der Waals surface area (Å²) < 4.78 is 7.21. The van der Waals surface area contributed by atoms with E-state index in [0.29, 0.717) is 18.7 Å². The van der Waals surface area contributed by atoms with Crippen molar-refractivity contribution in [3.05, 3.63) is 52.2 Å². The normalized spacial score (nSPS) is 16.4. The summed E-state index contributed by atoms with van der Waals surface area (Å²) in [6.45, 7) is 7.05. The zero-order valence-corrected chi connectivity index (χ0v) is 18.5. The van der Waals surface area contributed by atoms with Crippen LogP contribution in [-0.4, -0.2) is 39.2 Å². The Kier molecular flexibility index (Phi) is 5.50. The molecule has 1 aliphatic heterocycles. The summed E-state index contributed by atoms with van der Waals surface area (Å²) in [7, 11) is 3.50. The van der Waals surface area contributed by atoms with Crippen LogP contribution in [0.25, 0.3) is 11.0 Å². The Balaban J connectivity index is 1.57. The number of hydrogen-bond acceptors (Lipinski definition) is 4. The van der Waals surface area contributed by atoms with E-state index in [-0.39, 0.29) is 11.9 Å². The molecule has 1 saturated heterocycles. The van der Waals surface area contributed by atoms with Crippen molar-refractivity contribution in [2.75, 3.05) is 13.7 Å². The van der Waals surface area contributed by atoms with Gasteiger partial charge in [-0.1, -0.05) is 24.3 Å². The lowest BCUT2D eigenvalue weighted by molar-refractivity contribution is -0.132. The second kappa shape index (κ2) is 8.09. The van der Waals surface area contributed by atoms with Crippen molar-refractivity contribution in [3.8, 4) is 5.88 Å². The summed E-state index contributed by atoms with van der Waals surface area (Å²) in [6.07, 6.45) is 3.26. The molecule has 0 spiro atoms. The molecule has 3 heterocycles. The van der Waals surface area contributed by atoms with Crippen LogP contribution < -0.4 is 4.74 Å². The third-order valence-corrected chi connectivity index (χ3v) is 6.43. The second-order valence-electron chi connectivity index (χ2n) is 8.23. The highest BCUT2D eigenvalue weighted by Gasteiger charge is 2.30. The average molecular weight is 407 g/mol. The van der Waals surface area contributed by atoms with Crippen molar-refractivity contribution in [2.45, 2.75) is 52.5 Å². The number of carbonyl (C=O) groups is 1. The summed E-state index contributed by atoms with van der Waals surface area (Å²) in [5.74, 6) is 0.807. The molecule has 158 valence electrons. The molecule has 1 aliphatic rings. The Hall–Kier alpha value is -2.89. The van der Waals surface area contributed by atoms with Crippen LogP contribution in [0.1, 0.15) is 53.3 Å². The number of nitrogens with zero attached hydrogens (tertiary/aromatic N) is 4. The molecule has 1 atom stereocenters. The van der Waals surface area contributed by atoms with Gasteiger partial charge in [-0.25, -0.2) is 9.67 Å². The molecule has 6 nitrogen and oxygen atoms in total. The van der Waals surface area contributed by atoms with E-state index in [4.69, 9.17) is 9.72 Å². The topological polar surface area (TPSA) is 60.2 Å². The largest absolute Gasteiger partial charge is 0.479 e. The molecule has 4 rings (SSSR count). The van der Waals surface area contributed by atoms with Crippen LogP contribution >= 0.6 is 0 Å². The summed E-state index contributed by atoms with van der Waals surface area (Å²) >= 11 is 0. The van der Waals surface area contributed by atoms with Gasteiger partial charge < -0.3 is 9.64 Å². The van der Waals surface area contributed by atoms with Crippen LogP contribution in [0.4, 0.5) is 0 Å². The third kappa shape index (κ3) is 3.44. The number of ether oxygens (including phenoxy) is 1. The number of rotatable bonds is 5. The van der Waals surface area contributed by atoms with Crippen LogP contribution in [0, 0.1) is 20.8 Å². The Morgan fingerprint density at radius 1 is 1.23 bits per heavy atom. The Labute approximate surface area is 177 Å². The maximum Gasteiger partial charge on any atom is 0.242 e. The van der Waals surface area contributed by atoms with Crippen molar-refractivity contribution in [3.63, 3.8) is 0 Å². The first-order valence-corrected chi connectivity index (χ1v) is 10.6. The molecular formula is C24H30N4O2. The van der Waals surface area contributed by atoms with Crippen LogP contribution in [-0.2, 0) is 18.3 Å². The van der Waals surface area contributed by atoms with Gasteiger partial charge in [0.15, 0.2) is 5.65 Å². The molecule has 1 unspecified atom stereocenters. The first-order chi connectivity index (χ1) is 14.4. The number of hydrogen-bond donors (Lipinski definition) is 0. The Morgan fingerprint density at radius 2 is 2.00 bits per heavy atom. The number of methoxy groups -OCH3 is 1. The van der Waals surface area contributed by atoms with E-state index >= 15 is 0 Å². The number of pyridine rings is 1. The molecule has 30 heavy (non-hydrogen) atoms. The minimum absolute atomic E-state index is 0.194. The standard InChI is InChI=1S/C24H30N4O2/c1-15-9-6-7-10-18(15)20-11-8-14-28(20)21(29)13-12-19-16(2)22-23(25-17(19)3)27(4)26-24(22)30-5/h6-7,9-10,20H,8,11-14H2,1-5H3. The Bertz CT molecular complexity index is 1100. The monoisotopic (exact) mass is 406 g/mol. The maximum absolute atomic E-state index is 13.2. The first-order valence-electron chi connectivity index (χ1n) is 10.6. The number of likely N-dealkylation sites (tertiary alicyclic amines) is 1. The minimum atomic E-state index is 0.194. The van der Waals surface area contributed by atoms with Gasteiger partial charge in [0.1, 0.15) is 0 Å². The van der Waals surface area contributed by atoms with E-state index in [9.17, 15) is 4.79 Å². The fourth-order valence-corrected chi connectivity index (χ4v) is 4.83. The quantitative estimate of drug-likeness (QED) is 0.637. The molecule has 1 aromatic carbocycles. The summed E-state index contributed by atoms with van der Waals surface area (Å²) in [6, 6.07) is 8.61. The SMILES string of the molecule is COc1nn(C)c2nc(C)c(CCC(=O)N3CCCC3c3ccccc3C)c(C)c12. The van der Waals surface area contributed by atoms with Gasteiger partial charge in [-0.15, -0.1) is 5.10 Å². The number of aryl methyl sites for hydroxylation is 4.